The van der Waals surface area contributed by atoms with Crippen LogP contribution in [0.4, 0.5) is 10.5 Å². The van der Waals surface area contributed by atoms with E-state index >= 15 is 0 Å². The van der Waals surface area contributed by atoms with Crippen LogP contribution < -0.4 is 24.4 Å². The number of anilines is 1. The van der Waals surface area contributed by atoms with E-state index in [0.29, 0.717) is 39.5 Å². The summed E-state index contributed by atoms with van der Waals surface area (Å²) < 4.78 is 17.5. The molecule has 0 atom stereocenters. The van der Waals surface area contributed by atoms with Gasteiger partial charge in [-0.25, -0.2) is 9.69 Å². The maximum absolute atomic E-state index is 13.4. The number of barbiturate groups is 1. The van der Waals surface area contributed by atoms with Crippen molar-refractivity contribution < 1.29 is 28.6 Å². The fourth-order valence-corrected chi connectivity index (χ4v) is 4.70. The Morgan fingerprint density at radius 1 is 0.791 bits per heavy atom. The number of methoxy groups -OCH3 is 1. The number of hydrogen-bond donors (Lipinski definition) is 1. The van der Waals surface area contributed by atoms with Crippen LogP contribution in [0.5, 0.6) is 17.2 Å². The first-order chi connectivity index (χ1) is 20.7. The highest BCUT2D eigenvalue weighted by molar-refractivity contribution is 6.39. The number of benzene rings is 4. The zero-order chi connectivity index (χ0) is 30.5. The molecular formula is C33H26Cl2N2O6. The van der Waals surface area contributed by atoms with Gasteiger partial charge in [0, 0.05) is 15.6 Å². The first-order valence-electron chi connectivity index (χ1n) is 13.2. The molecule has 0 saturated carbocycles. The van der Waals surface area contributed by atoms with Crippen molar-refractivity contribution >= 4 is 52.8 Å². The van der Waals surface area contributed by atoms with Crippen LogP contribution in [0.3, 0.4) is 0 Å². The van der Waals surface area contributed by atoms with Gasteiger partial charge in [0.25, 0.3) is 11.8 Å². The van der Waals surface area contributed by atoms with Crippen LogP contribution in [0, 0.1) is 6.92 Å². The predicted molar refractivity (Wildman–Crippen MR) is 165 cm³/mol. The molecule has 1 saturated heterocycles. The third kappa shape index (κ3) is 6.83. The summed E-state index contributed by atoms with van der Waals surface area (Å²) in [6.07, 6.45) is 1.34. The summed E-state index contributed by atoms with van der Waals surface area (Å²) >= 11 is 12.5. The molecule has 1 aliphatic rings. The number of urea groups is 1. The second-order valence-corrected chi connectivity index (χ2v) is 10.5. The highest BCUT2D eigenvalue weighted by Crippen LogP contribution is 2.32. The molecule has 0 spiro atoms. The van der Waals surface area contributed by atoms with E-state index < -0.39 is 17.8 Å². The summed E-state index contributed by atoms with van der Waals surface area (Å²) in [7, 11) is 1.56. The molecule has 1 N–H and O–H groups in total. The first-order valence-corrected chi connectivity index (χ1v) is 13.9. The van der Waals surface area contributed by atoms with E-state index in [1.165, 1.54) is 12.1 Å². The molecular weight excluding hydrogens is 591 g/mol. The monoisotopic (exact) mass is 616 g/mol. The average Bonchev–Trinajstić information content (AvgIpc) is 3.00. The van der Waals surface area contributed by atoms with Gasteiger partial charge in [-0.05, 0) is 72.2 Å². The van der Waals surface area contributed by atoms with Crippen LogP contribution in [-0.4, -0.2) is 25.0 Å². The summed E-state index contributed by atoms with van der Waals surface area (Å²) in [6, 6.07) is 24.0. The molecule has 4 aromatic rings. The number of nitrogens with one attached hydrogen (secondary N) is 1. The number of amides is 4. The van der Waals surface area contributed by atoms with Crippen molar-refractivity contribution in [2.75, 3.05) is 12.0 Å². The fourth-order valence-electron chi connectivity index (χ4n) is 4.35. The van der Waals surface area contributed by atoms with Gasteiger partial charge in [-0.2, -0.15) is 0 Å². The predicted octanol–water partition coefficient (Wildman–Crippen LogP) is 7.13. The Hall–Kier alpha value is -4.79. The number of carbonyl (C=O) groups is 3. The number of imide groups is 2. The Bertz CT molecular complexity index is 1740. The molecule has 8 nitrogen and oxygen atoms in total. The van der Waals surface area contributed by atoms with E-state index in [-0.39, 0.29) is 17.9 Å². The quantitative estimate of drug-likeness (QED) is 0.159. The number of aryl methyl sites for hydroxylation is 1. The SMILES string of the molecule is COc1cc(COc2ccc(Cl)cc2/C=C2\C(=O)NC(=O)N(c3ccc(C)c(Cl)c3)C2=O)ccc1OCc1ccccc1. The van der Waals surface area contributed by atoms with E-state index in [1.54, 1.807) is 50.4 Å². The maximum Gasteiger partial charge on any atom is 0.335 e. The van der Waals surface area contributed by atoms with Crippen molar-refractivity contribution in [1.29, 1.82) is 0 Å². The van der Waals surface area contributed by atoms with Crippen LogP contribution in [0.1, 0.15) is 22.3 Å². The van der Waals surface area contributed by atoms with Crippen LogP contribution in [0.25, 0.3) is 6.08 Å². The van der Waals surface area contributed by atoms with Crippen molar-refractivity contribution in [2.24, 2.45) is 0 Å². The molecule has 0 unspecified atom stereocenters. The Morgan fingerprint density at radius 2 is 1.51 bits per heavy atom. The molecule has 4 amide bonds. The largest absolute Gasteiger partial charge is 0.493 e. The Morgan fingerprint density at radius 3 is 2.26 bits per heavy atom. The first kappa shape index (κ1) is 29.7. The fraction of sp³-hybridized carbons (Fsp3) is 0.121. The Balaban J connectivity index is 1.37. The molecule has 1 heterocycles. The van der Waals surface area contributed by atoms with Gasteiger partial charge in [0.15, 0.2) is 11.5 Å². The van der Waals surface area contributed by atoms with E-state index in [1.807, 2.05) is 42.5 Å². The van der Waals surface area contributed by atoms with E-state index in [2.05, 4.69) is 5.32 Å². The Kier molecular flexibility index (Phi) is 8.99. The number of nitrogens with zero attached hydrogens (tertiary/aromatic N) is 1. The number of halogens is 2. The van der Waals surface area contributed by atoms with Gasteiger partial charge in [0.05, 0.1) is 12.8 Å². The molecule has 0 aliphatic carbocycles. The molecule has 4 aromatic carbocycles. The van der Waals surface area contributed by atoms with E-state index in [0.717, 1.165) is 21.6 Å². The molecule has 0 bridgehead atoms. The minimum absolute atomic E-state index is 0.139. The van der Waals surface area contributed by atoms with Crippen LogP contribution >= 0.6 is 23.2 Å². The number of rotatable bonds is 9. The highest BCUT2D eigenvalue weighted by Gasteiger charge is 2.37. The molecule has 43 heavy (non-hydrogen) atoms. The van der Waals surface area contributed by atoms with Crippen LogP contribution in [0.15, 0.2) is 90.5 Å². The lowest BCUT2D eigenvalue weighted by Crippen LogP contribution is -2.54. The van der Waals surface area contributed by atoms with Crippen LogP contribution in [0.2, 0.25) is 10.0 Å². The highest BCUT2D eigenvalue weighted by atomic mass is 35.5. The summed E-state index contributed by atoms with van der Waals surface area (Å²) in [6.45, 7) is 2.33. The Labute approximate surface area is 258 Å². The molecule has 0 aromatic heterocycles. The van der Waals surface area contributed by atoms with Gasteiger partial charge in [0.1, 0.15) is 24.5 Å². The molecule has 10 heteroatoms. The summed E-state index contributed by atoms with van der Waals surface area (Å²) in [5.41, 5.74) is 2.92. The lowest BCUT2D eigenvalue weighted by molar-refractivity contribution is -0.122. The van der Waals surface area contributed by atoms with Gasteiger partial charge in [0.2, 0.25) is 0 Å². The van der Waals surface area contributed by atoms with Gasteiger partial charge in [-0.15, -0.1) is 0 Å². The third-order valence-corrected chi connectivity index (χ3v) is 7.29. The molecule has 5 rings (SSSR count). The second kappa shape index (κ2) is 13.0. The zero-order valence-corrected chi connectivity index (χ0v) is 24.7. The van der Waals surface area contributed by atoms with Crippen molar-refractivity contribution in [3.8, 4) is 17.2 Å². The van der Waals surface area contributed by atoms with Crippen molar-refractivity contribution in [3.05, 3.63) is 123 Å². The summed E-state index contributed by atoms with van der Waals surface area (Å²) in [5, 5.41) is 2.95. The lowest BCUT2D eigenvalue weighted by Gasteiger charge is -2.26. The third-order valence-electron chi connectivity index (χ3n) is 6.65. The summed E-state index contributed by atoms with van der Waals surface area (Å²) in [4.78, 5) is 39.6. The van der Waals surface area contributed by atoms with Gasteiger partial charge >= 0.3 is 6.03 Å². The standard InChI is InChI=1S/C33H26Cl2N2O6/c1-20-8-11-25(17-27(20)35)37-32(39)26(31(38)36-33(37)40)16-23-15-24(34)10-13-28(23)42-19-22-9-12-29(30(14-22)41-2)43-18-21-6-4-3-5-7-21/h3-17H,18-19H2,1-2H3,(H,36,38,40)/b26-16+. The zero-order valence-electron chi connectivity index (χ0n) is 23.2. The maximum atomic E-state index is 13.4. The van der Waals surface area contributed by atoms with Crippen LogP contribution in [-0.2, 0) is 22.8 Å². The van der Waals surface area contributed by atoms with Gasteiger partial charge in [-0.1, -0.05) is 65.7 Å². The minimum atomic E-state index is -0.875. The molecule has 1 fully saturated rings. The molecule has 1 aliphatic heterocycles. The second-order valence-electron chi connectivity index (χ2n) is 9.62. The minimum Gasteiger partial charge on any atom is -0.493 e. The van der Waals surface area contributed by atoms with E-state index in [9.17, 15) is 14.4 Å². The van der Waals surface area contributed by atoms with E-state index in [4.69, 9.17) is 37.4 Å². The smallest absolute Gasteiger partial charge is 0.335 e. The summed E-state index contributed by atoms with van der Waals surface area (Å²) in [5.74, 6) is -0.159. The normalized spacial score (nSPS) is 14.1. The van der Waals surface area contributed by atoms with Gasteiger partial charge in [-0.3, -0.25) is 14.9 Å². The van der Waals surface area contributed by atoms with Gasteiger partial charge < -0.3 is 14.2 Å². The number of ether oxygens (including phenoxy) is 3. The average molecular weight is 617 g/mol. The number of carbonyl (C=O) groups excluding carboxylic acids is 3. The molecule has 218 valence electrons. The lowest BCUT2D eigenvalue weighted by atomic mass is 10.1. The van der Waals surface area contributed by atoms with Crippen molar-refractivity contribution in [1.82, 2.24) is 5.32 Å². The van der Waals surface area contributed by atoms with Crippen molar-refractivity contribution in [3.63, 3.8) is 0 Å². The topological polar surface area (TPSA) is 94.2 Å². The number of hydrogen-bond acceptors (Lipinski definition) is 6. The van der Waals surface area contributed by atoms with Crippen molar-refractivity contribution in [2.45, 2.75) is 20.1 Å². The molecule has 0 radical (unpaired) electrons.